The van der Waals surface area contributed by atoms with Gasteiger partial charge in [0.15, 0.2) is 6.04 Å². The molecule has 2 rings (SSSR count). The van der Waals surface area contributed by atoms with Gasteiger partial charge in [-0.1, -0.05) is 11.8 Å². The molecule has 0 amide bonds. The fraction of sp³-hybridized carbons (Fsp3) is 0.750. The second-order valence-corrected chi connectivity index (χ2v) is 5.60. The second-order valence-electron chi connectivity index (χ2n) is 4.78. The maximum atomic E-state index is 5.62. The van der Waals surface area contributed by atoms with Crippen LogP contribution in [-0.4, -0.2) is 86.1 Å². The van der Waals surface area contributed by atoms with Crippen LogP contribution in [0, 0.1) is 0 Å². The van der Waals surface area contributed by atoms with E-state index in [-0.39, 0.29) is 12.2 Å². The molecule has 2 unspecified atom stereocenters. The molecule has 0 saturated heterocycles. The third kappa shape index (κ3) is 3.77. The van der Waals surface area contributed by atoms with E-state index in [4.69, 9.17) is 4.74 Å². The maximum absolute atomic E-state index is 5.62. The summed E-state index contributed by atoms with van der Waals surface area (Å²) in [6, 6.07) is 0.196. The molecule has 19 heavy (non-hydrogen) atoms. The lowest BCUT2D eigenvalue weighted by Gasteiger charge is -2.20. The van der Waals surface area contributed by atoms with Crippen molar-refractivity contribution in [3.8, 4) is 0 Å². The summed E-state index contributed by atoms with van der Waals surface area (Å²) >= 11 is 1.67. The Balaban J connectivity index is 1.81. The van der Waals surface area contributed by atoms with Crippen LogP contribution in [0.15, 0.2) is 9.98 Å². The molecule has 0 aromatic carbocycles. The number of likely N-dealkylation sites (N-methyl/N-ethyl adjacent to an activating group) is 1. The minimum Gasteiger partial charge on any atom is -0.376 e. The highest BCUT2D eigenvalue weighted by Gasteiger charge is 2.38. The van der Waals surface area contributed by atoms with E-state index in [1.54, 1.807) is 18.1 Å². The second kappa shape index (κ2) is 7.02. The number of hydrogen-bond acceptors (Lipinski definition) is 6. The van der Waals surface area contributed by atoms with Gasteiger partial charge in [0.05, 0.1) is 19.6 Å². The summed E-state index contributed by atoms with van der Waals surface area (Å²) in [5.74, 6) is 0. The Morgan fingerprint density at radius 2 is 2.32 bits per heavy atom. The van der Waals surface area contributed by atoms with Crippen LogP contribution in [0.1, 0.15) is 0 Å². The molecule has 0 radical (unpaired) electrons. The Labute approximate surface area is 118 Å². The predicted molar refractivity (Wildman–Crippen MR) is 80.7 cm³/mol. The van der Waals surface area contributed by atoms with Crippen molar-refractivity contribution in [1.82, 2.24) is 10.2 Å². The fourth-order valence-corrected chi connectivity index (χ4v) is 2.61. The van der Waals surface area contributed by atoms with Gasteiger partial charge < -0.3 is 15.0 Å². The summed E-state index contributed by atoms with van der Waals surface area (Å²) in [5, 5.41) is 4.34. The molecule has 0 aromatic heterocycles. The van der Waals surface area contributed by atoms with E-state index in [9.17, 15) is 0 Å². The number of fused-ring (bicyclic) bond motifs is 1. The van der Waals surface area contributed by atoms with Gasteiger partial charge in [-0.05, 0) is 25.3 Å². The maximum Gasteiger partial charge on any atom is 0.284 e. The van der Waals surface area contributed by atoms with Crippen molar-refractivity contribution >= 4 is 29.5 Å². The van der Waals surface area contributed by atoms with Crippen molar-refractivity contribution < 1.29 is 9.31 Å². The SMILES string of the molecule is CSC1=NC=[N+](CCOCCN(C)C)C2N=CNC12. The molecule has 0 fully saturated rings. The van der Waals surface area contributed by atoms with Gasteiger partial charge in [-0.25, -0.2) is 9.57 Å². The lowest BCUT2D eigenvalue weighted by molar-refractivity contribution is -0.564. The van der Waals surface area contributed by atoms with Crippen LogP contribution < -0.4 is 5.32 Å². The first kappa shape index (κ1) is 14.5. The van der Waals surface area contributed by atoms with E-state index in [1.165, 1.54) is 0 Å². The quantitative estimate of drug-likeness (QED) is 0.538. The fourth-order valence-electron chi connectivity index (χ4n) is 2.02. The van der Waals surface area contributed by atoms with E-state index in [0.29, 0.717) is 6.61 Å². The number of hydrogen-bond donors (Lipinski definition) is 1. The number of nitrogens with one attached hydrogen (secondary N) is 1. The summed E-state index contributed by atoms with van der Waals surface area (Å²) < 4.78 is 7.76. The van der Waals surface area contributed by atoms with E-state index >= 15 is 0 Å². The molecule has 6 nitrogen and oxygen atoms in total. The molecule has 2 heterocycles. The van der Waals surface area contributed by atoms with Crippen molar-refractivity contribution in [2.45, 2.75) is 12.2 Å². The molecule has 2 atom stereocenters. The number of nitrogens with zero attached hydrogens (tertiary/aromatic N) is 4. The highest BCUT2D eigenvalue weighted by molar-refractivity contribution is 8.13. The van der Waals surface area contributed by atoms with E-state index in [2.05, 4.69) is 24.8 Å². The Hall–Kier alpha value is -0.920. The van der Waals surface area contributed by atoms with Gasteiger partial charge in [0.25, 0.3) is 6.34 Å². The number of rotatable bonds is 6. The van der Waals surface area contributed by atoms with Crippen LogP contribution in [0.25, 0.3) is 0 Å². The monoisotopic (exact) mass is 284 g/mol. The largest absolute Gasteiger partial charge is 0.376 e. The third-order valence-electron chi connectivity index (χ3n) is 3.10. The van der Waals surface area contributed by atoms with E-state index in [1.807, 2.05) is 26.7 Å². The number of aliphatic imine (C=N–C) groups is 2. The van der Waals surface area contributed by atoms with Crippen molar-refractivity contribution in [1.29, 1.82) is 0 Å². The first-order valence-electron chi connectivity index (χ1n) is 6.43. The minimum absolute atomic E-state index is 0.123. The average Bonchev–Trinajstić information content (AvgIpc) is 2.87. The summed E-state index contributed by atoms with van der Waals surface area (Å²) in [7, 11) is 4.09. The van der Waals surface area contributed by atoms with Crippen LogP contribution >= 0.6 is 11.8 Å². The molecule has 2 aliphatic heterocycles. The molecule has 7 heteroatoms. The van der Waals surface area contributed by atoms with Gasteiger partial charge in [-0.15, -0.1) is 0 Å². The first-order valence-corrected chi connectivity index (χ1v) is 7.66. The van der Waals surface area contributed by atoms with Crippen LogP contribution in [0.4, 0.5) is 0 Å². The summed E-state index contributed by atoms with van der Waals surface area (Å²) in [6.45, 7) is 3.23. The minimum atomic E-state index is 0.123. The van der Waals surface area contributed by atoms with Gasteiger partial charge >= 0.3 is 0 Å². The topological polar surface area (TPSA) is 52.2 Å². The molecular weight excluding hydrogens is 262 g/mol. The molecule has 1 N–H and O–H groups in total. The molecule has 0 saturated carbocycles. The molecule has 0 spiro atoms. The van der Waals surface area contributed by atoms with Crippen molar-refractivity contribution in [2.24, 2.45) is 9.98 Å². The number of ether oxygens (including phenoxy) is 1. The highest BCUT2D eigenvalue weighted by Crippen LogP contribution is 2.16. The van der Waals surface area contributed by atoms with Gasteiger partial charge in [0.1, 0.15) is 6.54 Å². The summed E-state index contributed by atoms with van der Waals surface area (Å²) in [5.41, 5.74) is 0. The number of thioether (sulfide) groups is 1. The summed E-state index contributed by atoms with van der Waals surface area (Å²) in [4.78, 5) is 11.1. The average molecular weight is 284 g/mol. The predicted octanol–water partition coefficient (Wildman–Crippen LogP) is -0.293. The van der Waals surface area contributed by atoms with Gasteiger partial charge in [-0.2, -0.15) is 0 Å². The zero-order valence-electron chi connectivity index (χ0n) is 11.7. The normalized spacial score (nSPS) is 25.1. The van der Waals surface area contributed by atoms with Gasteiger partial charge in [0, 0.05) is 6.54 Å². The van der Waals surface area contributed by atoms with Crippen LogP contribution in [-0.2, 0) is 4.74 Å². The first-order chi connectivity index (χ1) is 9.22. The van der Waals surface area contributed by atoms with Gasteiger partial charge in [-0.3, -0.25) is 0 Å². The Bertz CT molecular complexity index is 394. The lowest BCUT2D eigenvalue weighted by Crippen LogP contribution is -2.47. The van der Waals surface area contributed by atoms with Crippen LogP contribution in [0.2, 0.25) is 0 Å². The molecule has 0 aromatic rings. The molecule has 2 aliphatic rings. The van der Waals surface area contributed by atoms with Gasteiger partial charge in [0.2, 0.25) is 11.2 Å². The zero-order valence-corrected chi connectivity index (χ0v) is 12.6. The van der Waals surface area contributed by atoms with E-state index in [0.717, 1.165) is 24.7 Å². The zero-order chi connectivity index (χ0) is 13.7. The third-order valence-corrected chi connectivity index (χ3v) is 3.88. The van der Waals surface area contributed by atoms with Crippen LogP contribution in [0.5, 0.6) is 0 Å². The molecular formula is C12H22N5OS+. The molecule has 0 bridgehead atoms. The summed E-state index contributed by atoms with van der Waals surface area (Å²) in [6.07, 6.45) is 5.83. The van der Waals surface area contributed by atoms with Crippen molar-refractivity contribution in [2.75, 3.05) is 46.7 Å². The van der Waals surface area contributed by atoms with Crippen molar-refractivity contribution in [3.63, 3.8) is 0 Å². The van der Waals surface area contributed by atoms with Crippen LogP contribution in [0.3, 0.4) is 0 Å². The molecule has 106 valence electrons. The highest BCUT2D eigenvalue weighted by atomic mass is 32.2. The Kier molecular flexibility index (Phi) is 5.35. The molecule has 0 aliphatic carbocycles. The van der Waals surface area contributed by atoms with Crippen molar-refractivity contribution in [3.05, 3.63) is 0 Å². The smallest absolute Gasteiger partial charge is 0.284 e. The Morgan fingerprint density at radius 3 is 3.05 bits per heavy atom. The standard InChI is InChI=1S/C12H22N5OS/c1-16(2)4-6-18-7-5-17-9-15-12(19-3)10-11(17)14-8-13-10/h8-11H,4-7H2,1-3H3,(H,13,14)/q+1. The Morgan fingerprint density at radius 1 is 1.47 bits per heavy atom. The van der Waals surface area contributed by atoms with E-state index < -0.39 is 0 Å². The lowest BCUT2D eigenvalue weighted by atomic mass is 10.2.